The molecule has 60 heavy (non-hydrogen) atoms. The van der Waals surface area contributed by atoms with Crippen molar-refractivity contribution in [2.75, 3.05) is 19.0 Å². The predicted molar refractivity (Wildman–Crippen MR) is 238 cm³/mol. The molecule has 13 heteroatoms. The highest BCUT2D eigenvalue weighted by Crippen LogP contribution is 2.24. The van der Waals surface area contributed by atoms with E-state index in [1.165, 1.54) is 64.2 Å². The molecule has 6 atom stereocenters. The van der Waals surface area contributed by atoms with Gasteiger partial charge in [-0.1, -0.05) is 140 Å². The van der Waals surface area contributed by atoms with E-state index in [1.54, 1.807) is 0 Å². The molecule has 1 saturated heterocycles. The lowest BCUT2D eigenvalue weighted by atomic mass is 10.00. The number of aliphatic hydroxyl groups is 3. The fourth-order valence-electron chi connectivity index (χ4n) is 6.74. The van der Waals surface area contributed by atoms with E-state index < -0.39 is 71.2 Å². The van der Waals surface area contributed by atoms with E-state index >= 15 is 0 Å². The highest BCUT2D eigenvalue weighted by molar-refractivity contribution is 7.85. The van der Waals surface area contributed by atoms with Gasteiger partial charge >= 0.3 is 11.9 Å². The van der Waals surface area contributed by atoms with Crippen molar-refractivity contribution in [1.82, 2.24) is 0 Å². The number of esters is 2. The largest absolute Gasteiger partial charge is 0.462 e. The molecule has 348 valence electrons. The van der Waals surface area contributed by atoms with E-state index in [4.69, 9.17) is 18.9 Å². The molecule has 0 saturated carbocycles. The van der Waals surface area contributed by atoms with Crippen molar-refractivity contribution < 1.29 is 56.8 Å². The van der Waals surface area contributed by atoms with Gasteiger partial charge in [0, 0.05) is 12.8 Å². The van der Waals surface area contributed by atoms with Crippen molar-refractivity contribution in [1.29, 1.82) is 0 Å². The van der Waals surface area contributed by atoms with Gasteiger partial charge in [-0.3, -0.25) is 14.1 Å². The van der Waals surface area contributed by atoms with Crippen LogP contribution < -0.4 is 0 Å². The van der Waals surface area contributed by atoms with E-state index in [2.05, 4.69) is 62.5 Å². The zero-order chi connectivity index (χ0) is 44.1. The summed E-state index contributed by atoms with van der Waals surface area (Å²) < 4.78 is 54.1. The quantitative estimate of drug-likeness (QED) is 0.0200. The molecule has 1 aliphatic rings. The van der Waals surface area contributed by atoms with E-state index in [0.29, 0.717) is 12.8 Å². The molecule has 1 rings (SSSR count). The van der Waals surface area contributed by atoms with Crippen LogP contribution in [0.4, 0.5) is 0 Å². The average Bonchev–Trinajstić information content (AvgIpc) is 3.21. The van der Waals surface area contributed by atoms with E-state index in [0.717, 1.165) is 77.0 Å². The normalized spacial score (nSPS) is 20.5. The van der Waals surface area contributed by atoms with Gasteiger partial charge in [0.15, 0.2) is 12.4 Å². The standard InChI is InChI=1S/C47H82O12S/c1-3-5-7-9-11-13-15-17-19-20-22-23-25-27-29-31-33-35-42(48)56-37-40(38-57-47-46(52)45(51)44(50)41(59-47)39-60(53,54)55)58-43(49)36-34-32-30-28-26-24-21-18-16-14-12-10-8-6-4-2/h11,13-14,16-17,19,22-23,40-41,44-47,50-52H,3-10,12,15,18,20-21,24-39H2,1-2H3,(H,53,54,55)/b13-11+,16-14+,19-17+,23-22+/t40-,41-,44-,45?,46?,47+/m1/s1. The molecule has 1 heterocycles. The molecule has 4 N–H and O–H groups in total. The summed E-state index contributed by atoms with van der Waals surface area (Å²) in [5, 5.41) is 30.9. The summed E-state index contributed by atoms with van der Waals surface area (Å²) in [6, 6.07) is 0. The first-order valence-electron chi connectivity index (χ1n) is 23.2. The topological polar surface area (TPSA) is 186 Å². The Balaban J connectivity index is 2.46. The molecule has 0 amide bonds. The van der Waals surface area contributed by atoms with Gasteiger partial charge in [-0.15, -0.1) is 0 Å². The first kappa shape index (κ1) is 55.6. The second-order valence-electron chi connectivity index (χ2n) is 16.1. The number of rotatable bonds is 38. The molecule has 12 nitrogen and oxygen atoms in total. The Kier molecular flexibility index (Phi) is 34.5. The van der Waals surface area contributed by atoms with Gasteiger partial charge in [-0.05, 0) is 77.0 Å². The third-order valence-electron chi connectivity index (χ3n) is 10.4. The van der Waals surface area contributed by atoms with Gasteiger partial charge in [0.05, 0.1) is 6.61 Å². The first-order valence-corrected chi connectivity index (χ1v) is 24.8. The summed E-state index contributed by atoms with van der Waals surface area (Å²) in [5.74, 6) is -2.02. The highest BCUT2D eigenvalue weighted by atomic mass is 32.2. The Morgan fingerprint density at radius 1 is 0.567 bits per heavy atom. The summed E-state index contributed by atoms with van der Waals surface area (Å²) in [5.41, 5.74) is 0. The molecule has 0 aromatic rings. The summed E-state index contributed by atoms with van der Waals surface area (Å²) in [7, 11) is -4.61. The van der Waals surface area contributed by atoms with Gasteiger partial charge in [-0.25, -0.2) is 0 Å². The maximum atomic E-state index is 12.8. The fraction of sp³-hybridized carbons (Fsp3) is 0.787. The Morgan fingerprint density at radius 3 is 1.53 bits per heavy atom. The Morgan fingerprint density at radius 2 is 1.00 bits per heavy atom. The minimum atomic E-state index is -4.61. The second kappa shape index (κ2) is 37.2. The molecule has 0 aromatic carbocycles. The Hall–Kier alpha value is -2.39. The molecule has 0 aliphatic carbocycles. The van der Waals surface area contributed by atoms with Crippen LogP contribution >= 0.6 is 0 Å². The van der Waals surface area contributed by atoms with Gasteiger partial charge < -0.3 is 34.3 Å². The predicted octanol–water partition coefficient (Wildman–Crippen LogP) is 9.56. The number of carbonyl (C=O) groups is 2. The van der Waals surface area contributed by atoms with Crippen LogP contribution in [-0.4, -0.2) is 96.0 Å². The third kappa shape index (κ3) is 31.5. The van der Waals surface area contributed by atoms with Crippen molar-refractivity contribution in [2.24, 2.45) is 0 Å². The maximum Gasteiger partial charge on any atom is 0.306 e. The molecule has 2 unspecified atom stereocenters. The minimum Gasteiger partial charge on any atom is -0.462 e. The maximum absolute atomic E-state index is 12.8. The van der Waals surface area contributed by atoms with Crippen LogP contribution in [0.2, 0.25) is 0 Å². The summed E-state index contributed by atoms with van der Waals surface area (Å²) in [6.07, 6.45) is 34.3. The highest BCUT2D eigenvalue weighted by Gasteiger charge is 2.46. The van der Waals surface area contributed by atoms with Crippen LogP contribution in [0.25, 0.3) is 0 Å². The zero-order valence-electron chi connectivity index (χ0n) is 37.1. The minimum absolute atomic E-state index is 0.153. The lowest BCUT2D eigenvalue weighted by Gasteiger charge is -2.40. The van der Waals surface area contributed by atoms with Gasteiger partial charge in [-0.2, -0.15) is 8.42 Å². The molecule has 0 radical (unpaired) electrons. The van der Waals surface area contributed by atoms with Crippen LogP contribution in [0.1, 0.15) is 181 Å². The lowest BCUT2D eigenvalue weighted by Crippen LogP contribution is -2.60. The van der Waals surface area contributed by atoms with Crippen LogP contribution in [0.3, 0.4) is 0 Å². The molecule has 1 aliphatic heterocycles. The SMILES string of the molecule is CCCCC/C=C/C/C=C/C/C=C/CCCCCCC(=O)OC[C@H](CO[C@H]1O[C@H](CS(=O)(=O)O)[C@@H](O)C(O)C1O)OC(=O)CCCCCCCCC/C=C/CCCCCC. The van der Waals surface area contributed by atoms with E-state index in [1.807, 2.05) is 0 Å². The number of unbranched alkanes of at least 4 members (excludes halogenated alkanes) is 18. The Bertz CT molecular complexity index is 1300. The number of ether oxygens (including phenoxy) is 4. The smallest absolute Gasteiger partial charge is 0.306 e. The number of carbonyl (C=O) groups excluding carboxylic acids is 2. The number of hydrogen-bond donors (Lipinski definition) is 4. The van der Waals surface area contributed by atoms with Crippen molar-refractivity contribution in [3.05, 3.63) is 48.6 Å². The second-order valence-corrected chi connectivity index (χ2v) is 17.6. The molecular weight excluding hydrogens is 789 g/mol. The fourth-order valence-corrected chi connectivity index (χ4v) is 7.43. The van der Waals surface area contributed by atoms with Crippen LogP contribution in [0.5, 0.6) is 0 Å². The lowest BCUT2D eigenvalue weighted by molar-refractivity contribution is -0.297. The van der Waals surface area contributed by atoms with Crippen molar-refractivity contribution >= 4 is 22.1 Å². The monoisotopic (exact) mass is 871 g/mol. The van der Waals surface area contributed by atoms with E-state index in [-0.39, 0.29) is 19.4 Å². The summed E-state index contributed by atoms with van der Waals surface area (Å²) in [4.78, 5) is 25.4. The molecule has 0 aromatic heterocycles. The first-order chi connectivity index (χ1) is 29.0. The zero-order valence-corrected chi connectivity index (χ0v) is 37.9. The number of hydrogen-bond acceptors (Lipinski definition) is 11. The van der Waals surface area contributed by atoms with Crippen molar-refractivity contribution in [3.63, 3.8) is 0 Å². The summed E-state index contributed by atoms with van der Waals surface area (Å²) in [6.45, 7) is 3.69. The molecular formula is C47H82O12S. The van der Waals surface area contributed by atoms with Gasteiger partial charge in [0.1, 0.15) is 36.8 Å². The molecule has 0 spiro atoms. The number of aliphatic hydroxyl groups excluding tert-OH is 3. The van der Waals surface area contributed by atoms with Crippen LogP contribution in [-0.2, 0) is 38.7 Å². The van der Waals surface area contributed by atoms with Crippen LogP contribution in [0.15, 0.2) is 48.6 Å². The average molecular weight is 871 g/mol. The van der Waals surface area contributed by atoms with Gasteiger partial charge in [0.2, 0.25) is 0 Å². The molecule has 0 bridgehead atoms. The molecule has 1 fully saturated rings. The summed E-state index contributed by atoms with van der Waals surface area (Å²) >= 11 is 0. The van der Waals surface area contributed by atoms with E-state index in [9.17, 15) is 37.9 Å². The van der Waals surface area contributed by atoms with Crippen LogP contribution in [0, 0.1) is 0 Å². The van der Waals surface area contributed by atoms with Crippen molar-refractivity contribution in [3.8, 4) is 0 Å². The third-order valence-corrected chi connectivity index (χ3v) is 11.1. The number of allylic oxidation sites excluding steroid dienone is 8. The Labute approximate surface area is 363 Å². The van der Waals surface area contributed by atoms with Crippen molar-refractivity contribution in [2.45, 2.75) is 218 Å². The van der Waals surface area contributed by atoms with Gasteiger partial charge in [0.25, 0.3) is 10.1 Å².